The number of amides is 1. The number of nitrogens with one attached hydrogen (secondary N) is 3. The van der Waals surface area contributed by atoms with E-state index in [1.807, 2.05) is 24.3 Å². The van der Waals surface area contributed by atoms with Crippen LogP contribution in [0.4, 0.5) is 5.95 Å². The molecule has 1 fully saturated rings. The Labute approximate surface area is 124 Å². The number of rotatable bonds is 4. The zero-order valence-electron chi connectivity index (χ0n) is 10.7. The van der Waals surface area contributed by atoms with E-state index in [2.05, 4.69) is 41.7 Å². The third-order valence-corrected chi connectivity index (χ3v) is 3.72. The molecule has 1 aliphatic rings. The number of H-pyrrole nitrogens is 1. The lowest BCUT2D eigenvalue weighted by atomic mass is 10.2. The van der Waals surface area contributed by atoms with E-state index < -0.39 is 0 Å². The predicted molar refractivity (Wildman–Crippen MR) is 78.0 cm³/mol. The second-order valence-electron chi connectivity index (χ2n) is 4.68. The van der Waals surface area contributed by atoms with Gasteiger partial charge in [0.2, 0.25) is 11.9 Å². The predicted octanol–water partition coefficient (Wildman–Crippen LogP) is 2.13. The summed E-state index contributed by atoms with van der Waals surface area (Å²) >= 11 is 3.40. The molecule has 0 spiro atoms. The average Bonchev–Trinajstić information content (AvgIpc) is 3.07. The molecule has 20 heavy (non-hydrogen) atoms. The van der Waals surface area contributed by atoms with E-state index in [0.29, 0.717) is 24.7 Å². The molecule has 104 valence electrons. The Kier molecular flexibility index (Phi) is 3.68. The number of hydrogen-bond donors (Lipinski definition) is 3. The van der Waals surface area contributed by atoms with Crippen molar-refractivity contribution in [2.45, 2.75) is 25.4 Å². The van der Waals surface area contributed by atoms with Gasteiger partial charge in [-0.2, -0.15) is 4.98 Å². The summed E-state index contributed by atoms with van der Waals surface area (Å²) < 4.78 is 1.05. The molecule has 2 heterocycles. The molecule has 0 aliphatic carbocycles. The molecule has 0 radical (unpaired) electrons. The molecule has 1 saturated heterocycles. The van der Waals surface area contributed by atoms with Crippen LogP contribution in [0.1, 0.15) is 30.3 Å². The smallest absolute Gasteiger partial charge is 0.242 e. The van der Waals surface area contributed by atoms with Gasteiger partial charge in [0.05, 0.1) is 6.04 Å². The number of halogens is 1. The van der Waals surface area contributed by atoms with Crippen molar-refractivity contribution < 1.29 is 4.79 Å². The Bertz CT molecular complexity index is 609. The number of aromatic nitrogens is 3. The van der Waals surface area contributed by atoms with Gasteiger partial charge in [0, 0.05) is 17.4 Å². The van der Waals surface area contributed by atoms with Gasteiger partial charge < -0.3 is 10.6 Å². The molecule has 7 heteroatoms. The number of carbonyl (C=O) groups is 1. The highest BCUT2D eigenvalue weighted by atomic mass is 79.9. The molecule has 3 rings (SSSR count). The minimum atomic E-state index is -0.0433. The van der Waals surface area contributed by atoms with Crippen molar-refractivity contribution >= 4 is 27.8 Å². The van der Waals surface area contributed by atoms with E-state index in [9.17, 15) is 4.79 Å². The van der Waals surface area contributed by atoms with E-state index >= 15 is 0 Å². The number of anilines is 1. The summed E-state index contributed by atoms with van der Waals surface area (Å²) in [6, 6.07) is 8.00. The van der Waals surface area contributed by atoms with Gasteiger partial charge in [-0.3, -0.25) is 9.89 Å². The monoisotopic (exact) mass is 335 g/mol. The van der Waals surface area contributed by atoms with Gasteiger partial charge in [0.15, 0.2) is 0 Å². The van der Waals surface area contributed by atoms with Gasteiger partial charge in [0.1, 0.15) is 5.82 Å². The van der Waals surface area contributed by atoms with Crippen LogP contribution in [-0.2, 0) is 11.3 Å². The molecule has 1 unspecified atom stereocenters. The van der Waals surface area contributed by atoms with Gasteiger partial charge in [0.25, 0.3) is 0 Å². The quantitative estimate of drug-likeness (QED) is 0.799. The average molecular weight is 336 g/mol. The van der Waals surface area contributed by atoms with Crippen LogP contribution in [-0.4, -0.2) is 21.1 Å². The second-order valence-corrected chi connectivity index (χ2v) is 5.60. The van der Waals surface area contributed by atoms with Gasteiger partial charge in [-0.05, 0) is 24.1 Å². The third-order valence-electron chi connectivity index (χ3n) is 3.19. The van der Waals surface area contributed by atoms with Crippen molar-refractivity contribution in [1.82, 2.24) is 20.5 Å². The first kappa shape index (κ1) is 13.1. The van der Waals surface area contributed by atoms with E-state index in [4.69, 9.17) is 0 Å². The summed E-state index contributed by atoms with van der Waals surface area (Å²) in [5, 5.41) is 13.0. The molecule has 1 amide bonds. The SMILES string of the molecule is O=C1CCC(c2nc(NCc3ccc(Br)cc3)n[nH]2)N1. The first-order valence-corrected chi connectivity index (χ1v) is 7.20. The summed E-state index contributed by atoms with van der Waals surface area (Å²) in [7, 11) is 0. The number of hydrogen-bond acceptors (Lipinski definition) is 4. The minimum absolute atomic E-state index is 0.0433. The largest absolute Gasteiger partial charge is 0.349 e. The van der Waals surface area contributed by atoms with Crippen LogP contribution in [0, 0.1) is 0 Å². The first-order valence-electron chi connectivity index (χ1n) is 6.41. The van der Waals surface area contributed by atoms with Gasteiger partial charge in [-0.15, -0.1) is 5.10 Å². The van der Waals surface area contributed by atoms with Gasteiger partial charge >= 0.3 is 0 Å². The van der Waals surface area contributed by atoms with Crippen LogP contribution in [0.25, 0.3) is 0 Å². The van der Waals surface area contributed by atoms with Crippen molar-refractivity contribution in [3.05, 3.63) is 40.1 Å². The summed E-state index contributed by atoms with van der Waals surface area (Å²) in [6.45, 7) is 0.654. The van der Waals surface area contributed by atoms with E-state index in [1.165, 1.54) is 0 Å². The van der Waals surface area contributed by atoms with Crippen LogP contribution >= 0.6 is 15.9 Å². The van der Waals surface area contributed by atoms with Crippen LogP contribution in [0.2, 0.25) is 0 Å². The highest BCUT2D eigenvalue weighted by Gasteiger charge is 2.25. The zero-order valence-corrected chi connectivity index (χ0v) is 12.3. The van der Waals surface area contributed by atoms with E-state index in [0.717, 1.165) is 16.5 Å². The molecule has 3 N–H and O–H groups in total. The van der Waals surface area contributed by atoms with E-state index in [1.54, 1.807) is 0 Å². The number of aromatic amines is 1. The van der Waals surface area contributed by atoms with Crippen LogP contribution in [0.5, 0.6) is 0 Å². The number of benzene rings is 1. The van der Waals surface area contributed by atoms with Crippen molar-refractivity contribution in [3.8, 4) is 0 Å². The molecule has 1 atom stereocenters. The zero-order chi connectivity index (χ0) is 13.9. The lowest BCUT2D eigenvalue weighted by Crippen LogP contribution is -2.19. The molecule has 2 aromatic rings. The normalized spacial score (nSPS) is 18.1. The maximum atomic E-state index is 11.2. The Balaban J connectivity index is 1.60. The maximum absolute atomic E-state index is 11.2. The lowest BCUT2D eigenvalue weighted by molar-refractivity contribution is -0.119. The highest BCUT2D eigenvalue weighted by Crippen LogP contribution is 2.21. The lowest BCUT2D eigenvalue weighted by Gasteiger charge is -2.04. The molecule has 1 aromatic heterocycles. The summed E-state index contributed by atoms with van der Waals surface area (Å²) in [5.74, 6) is 1.31. The summed E-state index contributed by atoms with van der Waals surface area (Å²) in [4.78, 5) is 15.5. The molecular weight excluding hydrogens is 322 g/mol. The fourth-order valence-electron chi connectivity index (χ4n) is 2.11. The Hall–Kier alpha value is -1.89. The van der Waals surface area contributed by atoms with Crippen molar-refractivity contribution in [1.29, 1.82) is 0 Å². The van der Waals surface area contributed by atoms with Gasteiger partial charge in [-0.25, -0.2) is 0 Å². The fourth-order valence-corrected chi connectivity index (χ4v) is 2.38. The fraction of sp³-hybridized carbons (Fsp3) is 0.308. The van der Waals surface area contributed by atoms with E-state index in [-0.39, 0.29) is 11.9 Å². The molecule has 6 nitrogen and oxygen atoms in total. The molecule has 1 aromatic carbocycles. The van der Waals surface area contributed by atoms with Crippen molar-refractivity contribution in [2.24, 2.45) is 0 Å². The molecule has 0 saturated carbocycles. The third kappa shape index (κ3) is 2.98. The maximum Gasteiger partial charge on any atom is 0.242 e. The number of carbonyl (C=O) groups excluding carboxylic acids is 1. The standard InChI is InChI=1S/C13H14BrN5O/c14-9-3-1-8(2-4-9)7-15-13-17-12(18-19-13)10-5-6-11(20)16-10/h1-4,10H,5-7H2,(H,16,20)(H2,15,17,18,19). The molecule has 1 aliphatic heterocycles. The highest BCUT2D eigenvalue weighted by molar-refractivity contribution is 9.10. The first-order chi connectivity index (χ1) is 9.70. The van der Waals surface area contributed by atoms with Gasteiger partial charge in [-0.1, -0.05) is 28.1 Å². The molecular formula is C13H14BrN5O. The number of nitrogens with zero attached hydrogens (tertiary/aromatic N) is 2. The second kappa shape index (κ2) is 5.62. The summed E-state index contributed by atoms with van der Waals surface area (Å²) in [6.07, 6.45) is 1.31. The van der Waals surface area contributed by atoms with Crippen LogP contribution < -0.4 is 10.6 Å². The van der Waals surface area contributed by atoms with Crippen LogP contribution in [0.15, 0.2) is 28.7 Å². The van der Waals surface area contributed by atoms with Crippen molar-refractivity contribution in [2.75, 3.05) is 5.32 Å². The molecule has 0 bridgehead atoms. The van der Waals surface area contributed by atoms with Crippen molar-refractivity contribution in [3.63, 3.8) is 0 Å². The topological polar surface area (TPSA) is 82.7 Å². The Morgan fingerprint density at radius 3 is 2.85 bits per heavy atom. The Morgan fingerprint density at radius 1 is 1.35 bits per heavy atom. The minimum Gasteiger partial charge on any atom is -0.349 e. The Morgan fingerprint density at radius 2 is 2.15 bits per heavy atom. The summed E-state index contributed by atoms with van der Waals surface area (Å²) in [5.41, 5.74) is 1.15. The van der Waals surface area contributed by atoms with Crippen LogP contribution in [0.3, 0.4) is 0 Å².